The van der Waals surface area contributed by atoms with E-state index >= 15 is 0 Å². The van der Waals surface area contributed by atoms with Crippen molar-refractivity contribution in [2.75, 3.05) is 5.75 Å². The summed E-state index contributed by atoms with van der Waals surface area (Å²) in [5.74, 6) is 0.419. The molecule has 24 heavy (non-hydrogen) atoms. The zero-order valence-corrected chi connectivity index (χ0v) is 16.0. The number of carbonyl (C=O) groups is 1. The molecule has 0 aliphatic rings. The minimum atomic E-state index is 0.0982. The highest BCUT2D eigenvalue weighted by Crippen LogP contribution is 2.24. The van der Waals surface area contributed by atoms with E-state index in [0.717, 1.165) is 16.8 Å². The molecule has 0 saturated heterocycles. The summed E-state index contributed by atoms with van der Waals surface area (Å²) in [5, 5.41) is 12.6. The van der Waals surface area contributed by atoms with Crippen LogP contribution in [0.2, 0.25) is 0 Å². The smallest absolute Gasteiger partial charge is 0.233 e. The molecule has 130 valence electrons. The Kier molecular flexibility index (Phi) is 5.99. The lowest BCUT2D eigenvalue weighted by molar-refractivity contribution is -0.131. The monoisotopic (exact) mass is 347 g/mol. The molecule has 0 aliphatic carbocycles. The number of para-hydroxylation sites is 1. The molecule has 2 rings (SSSR count). The summed E-state index contributed by atoms with van der Waals surface area (Å²) in [5.41, 5.74) is 3.17. The molecule has 0 aliphatic heterocycles. The zero-order chi connectivity index (χ0) is 17.9. The van der Waals surface area contributed by atoms with Gasteiger partial charge in [-0.3, -0.25) is 4.79 Å². The van der Waals surface area contributed by atoms with E-state index in [1.54, 1.807) is 4.68 Å². The quantitative estimate of drug-likeness (QED) is 0.752. The Balaban J connectivity index is 2.19. The van der Waals surface area contributed by atoms with Crippen molar-refractivity contribution in [3.8, 4) is 5.69 Å². The number of aromatic nitrogens is 4. The molecular weight excluding hydrogens is 322 g/mol. The number of thioether (sulfide) groups is 1. The van der Waals surface area contributed by atoms with E-state index in [-0.39, 0.29) is 18.0 Å². The van der Waals surface area contributed by atoms with Gasteiger partial charge in [0.25, 0.3) is 0 Å². The Morgan fingerprint density at radius 3 is 2.29 bits per heavy atom. The number of hydrogen-bond acceptors (Lipinski definition) is 5. The summed E-state index contributed by atoms with van der Waals surface area (Å²) in [7, 11) is 0. The van der Waals surface area contributed by atoms with E-state index in [9.17, 15) is 4.79 Å². The molecule has 0 N–H and O–H groups in total. The Labute approximate surface area is 147 Å². The highest BCUT2D eigenvalue weighted by Gasteiger charge is 2.21. The molecule has 7 heteroatoms. The van der Waals surface area contributed by atoms with E-state index in [1.165, 1.54) is 11.8 Å². The van der Waals surface area contributed by atoms with Crippen LogP contribution in [-0.2, 0) is 4.79 Å². The van der Waals surface area contributed by atoms with E-state index in [2.05, 4.69) is 15.5 Å². The molecule has 1 amide bonds. The molecule has 6 nitrogen and oxygen atoms in total. The van der Waals surface area contributed by atoms with Gasteiger partial charge in [0.1, 0.15) is 0 Å². The third-order valence-electron chi connectivity index (χ3n) is 3.82. The van der Waals surface area contributed by atoms with Gasteiger partial charge in [-0.05, 0) is 63.1 Å². The van der Waals surface area contributed by atoms with Crippen molar-refractivity contribution >= 4 is 17.7 Å². The number of rotatable bonds is 6. The van der Waals surface area contributed by atoms with Gasteiger partial charge in [-0.15, -0.1) is 5.10 Å². The zero-order valence-electron chi connectivity index (χ0n) is 15.1. The summed E-state index contributed by atoms with van der Waals surface area (Å²) in [6, 6.07) is 6.42. The van der Waals surface area contributed by atoms with Gasteiger partial charge in [0.2, 0.25) is 11.1 Å². The van der Waals surface area contributed by atoms with Crippen LogP contribution in [0.1, 0.15) is 38.8 Å². The van der Waals surface area contributed by atoms with Gasteiger partial charge in [0.05, 0.1) is 11.4 Å². The number of benzene rings is 1. The number of aryl methyl sites for hydroxylation is 2. The maximum atomic E-state index is 12.5. The minimum Gasteiger partial charge on any atom is -0.337 e. The van der Waals surface area contributed by atoms with Gasteiger partial charge < -0.3 is 4.90 Å². The van der Waals surface area contributed by atoms with Crippen molar-refractivity contribution in [3.05, 3.63) is 29.3 Å². The highest BCUT2D eigenvalue weighted by atomic mass is 32.2. The first-order chi connectivity index (χ1) is 11.3. The topological polar surface area (TPSA) is 63.9 Å². The predicted octanol–water partition coefficient (Wildman–Crippen LogP) is 3.02. The molecule has 0 unspecified atom stereocenters. The molecule has 0 saturated carbocycles. The summed E-state index contributed by atoms with van der Waals surface area (Å²) >= 11 is 1.37. The van der Waals surface area contributed by atoms with Crippen LogP contribution in [0.25, 0.3) is 5.69 Å². The summed E-state index contributed by atoms with van der Waals surface area (Å²) in [6.45, 7) is 12.2. The molecule has 1 aromatic heterocycles. The molecule has 2 aromatic rings. The second-order valence-corrected chi connectivity index (χ2v) is 7.33. The van der Waals surface area contributed by atoms with Crippen molar-refractivity contribution in [2.24, 2.45) is 0 Å². The van der Waals surface area contributed by atoms with Gasteiger partial charge >= 0.3 is 0 Å². The lowest BCUT2D eigenvalue weighted by atomic mass is 10.1. The first-order valence-corrected chi connectivity index (χ1v) is 9.10. The summed E-state index contributed by atoms with van der Waals surface area (Å²) in [6.07, 6.45) is 0. The van der Waals surface area contributed by atoms with Crippen LogP contribution >= 0.6 is 11.8 Å². The second kappa shape index (κ2) is 7.79. The minimum absolute atomic E-state index is 0.0982. The van der Waals surface area contributed by atoms with Gasteiger partial charge in [0.15, 0.2) is 0 Å². The fourth-order valence-electron chi connectivity index (χ4n) is 2.92. The highest BCUT2D eigenvalue weighted by molar-refractivity contribution is 7.99. The van der Waals surface area contributed by atoms with Crippen LogP contribution in [0.4, 0.5) is 0 Å². The van der Waals surface area contributed by atoms with E-state index in [1.807, 2.05) is 64.6 Å². The van der Waals surface area contributed by atoms with Crippen molar-refractivity contribution in [2.45, 2.75) is 58.8 Å². The Morgan fingerprint density at radius 2 is 1.75 bits per heavy atom. The predicted molar refractivity (Wildman–Crippen MR) is 96.5 cm³/mol. The van der Waals surface area contributed by atoms with Crippen LogP contribution < -0.4 is 0 Å². The Bertz CT molecular complexity index is 683. The van der Waals surface area contributed by atoms with Crippen LogP contribution in [0, 0.1) is 13.8 Å². The van der Waals surface area contributed by atoms with Gasteiger partial charge in [-0.2, -0.15) is 4.68 Å². The molecule has 0 fully saturated rings. The molecule has 0 radical (unpaired) electrons. The number of amides is 1. The summed E-state index contributed by atoms with van der Waals surface area (Å²) < 4.78 is 1.72. The molecule has 1 aromatic carbocycles. The molecule has 0 spiro atoms. The first kappa shape index (κ1) is 18.4. The SMILES string of the molecule is Cc1cccc(C)c1-n1nnnc1SCC(=O)N(C(C)C)C(C)C. The largest absolute Gasteiger partial charge is 0.337 e. The second-order valence-electron chi connectivity index (χ2n) is 6.39. The number of tetrazole rings is 1. The van der Waals surface area contributed by atoms with Crippen LogP contribution in [0.5, 0.6) is 0 Å². The van der Waals surface area contributed by atoms with E-state index < -0.39 is 0 Å². The van der Waals surface area contributed by atoms with E-state index in [0.29, 0.717) is 10.9 Å². The Morgan fingerprint density at radius 1 is 1.17 bits per heavy atom. The molecule has 0 atom stereocenters. The van der Waals surface area contributed by atoms with Crippen LogP contribution in [0.3, 0.4) is 0 Å². The fraction of sp³-hybridized carbons (Fsp3) is 0.529. The third kappa shape index (κ3) is 3.95. The fourth-order valence-corrected chi connectivity index (χ4v) is 3.67. The number of hydrogen-bond donors (Lipinski definition) is 0. The van der Waals surface area contributed by atoms with Crippen molar-refractivity contribution in [3.63, 3.8) is 0 Å². The lowest BCUT2D eigenvalue weighted by Gasteiger charge is -2.30. The van der Waals surface area contributed by atoms with Gasteiger partial charge in [0, 0.05) is 12.1 Å². The lowest BCUT2D eigenvalue weighted by Crippen LogP contribution is -2.43. The van der Waals surface area contributed by atoms with Crippen molar-refractivity contribution < 1.29 is 4.79 Å². The molecule has 0 bridgehead atoms. The molecular formula is C17H25N5OS. The standard InChI is InChI=1S/C17H25N5OS/c1-11(2)21(12(3)4)15(23)10-24-17-18-19-20-22(17)16-13(5)8-7-9-14(16)6/h7-9,11-12H,10H2,1-6H3. The van der Waals surface area contributed by atoms with Gasteiger partial charge in [-0.1, -0.05) is 30.0 Å². The van der Waals surface area contributed by atoms with Crippen LogP contribution in [-0.4, -0.2) is 48.9 Å². The molecule has 1 heterocycles. The third-order valence-corrected chi connectivity index (χ3v) is 4.72. The summed E-state index contributed by atoms with van der Waals surface area (Å²) in [4.78, 5) is 14.4. The number of nitrogens with zero attached hydrogens (tertiary/aromatic N) is 5. The number of carbonyl (C=O) groups excluding carboxylic acids is 1. The average Bonchev–Trinajstić information content (AvgIpc) is 2.92. The van der Waals surface area contributed by atoms with E-state index in [4.69, 9.17) is 0 Å². The van der Waals surface area contributed by atoms with Gasteiger partial charge in [-0.25, -0.2) is 0 Å². The maximum absolute atomic E-state index is 12.5. The first-order valence-electron chi connectivity index (χ1n) is 8.11. The maximum Gasteiger partial charge on any atom is 0.233 e. The normalized spacial score (nSPS) is 11.3. The van der Waals surface area contributed by atoms with Crippen molar-refractivity contribution in [1.82, 2.24) is 25.1 Å². The van der Waals surface area contributed by atoms with Crippen molar-refractivity contribution in [1.29, 1.82) is 0 Å². The Hall–Kier alpha value is -1.89. The van der Waals surface area contributed by atoms with Crippen LogP contribution in [0.15, 0.2) is 23.4 Å². The average molecular weight is 347 g/mol.